The molecule has 0 saturated heterocycles. The van der Waals surface area contributed by atoms with Gasteiger partial charge >= 0.3 is 5.97 Å². The summed E-state index contributed by atoms with van der Waals surface area (Å²) in [5.74, 6) is -0.325. The van der Waals surface area contributed by atoms with E-state index in [1.807, 2.05) is 10.7 Å². The summed E-state index contributed by atoms with van der Waals surface area (Å²) in [7, 11) is 0. The van der Waals surface area contributed by atoms with E-state index in [1.54, 1.807) is 18.3 Å². The number of aromatic nitrogens is 3. The Morgan fingerprint density at radius 3 is 2.68 bits per heavy atom. The molecule has 8 nitrogen and oxygen atoms in total. The fourth-order valence-electron chi connectivity index (χ4n) is 4.89. The Labute approximate surface area is 218 Å². The second kappa shape index (κ2) is 11.8. The number of hydrogen-bond donors (Lipinski definition) is 3. The van der Waals surface area contributed by atoms with E-state index in [-0.39, 0.29) is 11.4 Å². The van der Waals surface area contributed by atoms with Gasteiger partial charge in [-0.25, -0.2) is 9.78 Å². The maximum absolute atomic E-state index is 12.9. The van der Waals surface area contributed by atoms with Crippen LogP contribution in [-0.2, 0) is 23.2 Å². The number of carbonyl (C=O) groups excluding carboxylic acids is 1. The first kappa shape index (κ1) is 26.6. The Kier molecular flexibility index (Phi) is 8.46. The molecule has 8 heteroatoms. The molecule has 198 valence electrons. The van der Waals surface area contributed by atoms with Gasteiger partial charge in [0.25, 0.3) is 5.91 Å². The van der Waals surface area contributed by atoms with Gasteiger partial charge in [0.15, 0.2) is 0 Å². The number of rotatable bonds is 11. The van der Waals surface area contributed by atoms with Crippen molar-refractivity contribution in [3.05, 3.63) is 53.3 Å². The normalized spacial score (nSPS) is 14.1. The van der Waals surface area contributed by atoms with E-state index < -0.39 is 12.0 Å². The van der Waals surface area contributed by atoms with E-state index in [0.717, 1.165) is 73.9 Å². The molecule has 0 radical (unpaired) electrons. The van der Waals surface area contributed by atoms with Crippen molar-refractivity contribution >= 4 is 28.6 Å². The summed E-state index contributed by atoms with van der Waals surface area (Å²) >= 11 is 0. The number of pyridine rings is 1. The zero-order chi connectivity index (χ0) is 26.4. The molecule has 37 heavy (non-hydrogen) atoms. The lowest BCUT2D eigenvalue weighted by molar-refractivity contribution is -0.139. The quantitative estimate of drug-likeness (QED) is 0.305. The number of carbonyl (C=O) groups is 2. The molecule has 2 aromatic heterocycles. The predicted molar refractivity (Wildman–Crippen MR) is 146 cm³/mol. The molecule has 0 unspecified atom stereocenters. The number of benzene rings is 1. The van der Waals surface area contributed by atoms with Crippen LogP contribution in [0.5, 0.6) is 0 Å². The molecule has 1 aliphatic rings. The van der Waals surface area contributed by atoms with Gasteiger partial charge in [0.05, 0.1) is 17.3 Å². The Bertz CT molecular complexity index is 1240. The fraction of sp³-hybridized carbons (Fsp3) is 0.517. The summed E-state index contributed by atoms with van der Waals surface area (Å²) < 4.78 is 1.88. The molecule has 0 aliphatic carbocycles. The van der Waals surface area contributed by atoms with E-state index in [9.17, 15) is 14.7 Å². The number of nitrogens with one attached hydrogen (secondary N) is 2. The van der Waals surface area contributed by atoms with Crippen LogP contribution < -0.4 is 10.6 Å². The van der Waals surface area contributed by atoms with Crippen LogP contribution in [0.1, 0.15) is 87.3 Å². The molecule has 0 fully saturated rings. The van der Waals surface area contributed by atoms with Crippen molar-refractivity contribution in [3.63, 3.8) is 0 Å². The van der Waals surface area contributed by atoms with Gasteiger partial charge in [-0.3, -0.25) is 9.48 Å². The first-order valence-corrected chi connectivity index (χ1v) is 13.5. The van der Waals surface area contributed by atoms with Gasteiger partial charge in [0.1, 0.15) is 11.9 Å². The van der Waals surface area contributed by atoms with E-state index in [1.165, 1.54) is 12.0 Å². The molecular weight excluding hydrogens is 466 g/mol. The highest BCUT2D eigenvalue weighted by molar-refractivity contribution is 5.99. The molecule has 0 saturated carbocycles. The van der Waals surface area contributed by atoms with Crippen molar-refractivity contribution in [1.82, 2.24) is 20.1 Å². The topological polar surface area (TPSA) is 109 Å². The smallest absolute Gasteiger partial charge is 0.326 e. The zero-order valence-electron chi connectivity index (χ0n) is 22.2. The molecule has 1 aromatic carbocycles. The molecular formula is C29H39N5O3. The van der Waals surface area contributed by atoms with Gasteiger partial charge in [-0.1, -0.05) is 37.8 Å². The number of aliphatic carboxylic acids is 1. The molecule has 0 bridgehead atoms. The lowest BCUT2D eigenvalue weighted by atomic mass is 10.0. The second-order valence-electron chi connectivity index (χ2n) is 11.0. The summed E-state index contributed by atoms with van der Waals surface area (Å²) in [4.78, 5) is 29.4. The summed E-state index contributed by atoms with van der Waals surface area (Å²) in [5, 5.41) is 21.2. The zero-order valence-corrected chi connectivity index (χ0v) is 22.2. The van der Waals surface area contributed by atoms with Crippen molar-refractivity contribution < 1.29 is 14.7 Å². The number of anilines is 1. The molecule has 0 spiro atoms. The monoisotopic (exact) mass is 505 g/mol. The number of carboxylic acid groups (broad SMARTS) is 1. The highest BCUT2D eigenvalue weighted by Gasteiger charge is 2.22. The number of fused-ring (bicyclic) bond motifs is 2. The molecule has 1 amide bonds. The van der Waals surface area contributed by atoms with Crippen LogP contribution in [-0.4, -0.2) is 44.3 Å². The van der Waals surface area contributed by atoms with Crippen molar-refractivity contribution in [2.45, 2.75) is 90.1 Å². The third kappa shape index (κ3) is 6.87. The van der Waals surface area contributed by atoms with E-state index in [0.29, 0.717) is 12.0 Å². The molecule has 1 aliphatic heterocycles. The van der Waals surface area contributed by atoms with Crippen molar-refractivity contribution in [2.75, 3.05) is 11.9 Å². The maximum atomic E-state index is 12.9. The molecule has 3 N–H and O–H groups in total. The Balaban J connectivity index is 1.21. The summed E-state index contributed by atoms with van der Waals surface area (Å²) in [6, 6.07) is 8.80. The van der Waals surface area contributed by atoms with Crippen LogP contribution in [0.2, 0.25) is 0 Å². The lowest BCUT2D eigenvalue weighted by Gasteiger charge is -2.20. The molecule has 1 atom stereocenters. The molecule has 3 aromatic rings. The number of unbranched alkanes of at least 4 members (excludes halogenated alkanes) is 4. The van der Waals surface area contributed by atoms with Crippen molar-refractivity contribution in [1.29, 1.82) is 0 Å². The van der Waals surface area contributed by atoms with Gasteiger partial charge in [0.2, 0.25) is 0 Å². The predicted octanol–water partition coefficient (Wildman–Crippen LogP) is 5.31. The van der Waals surface area contributed by atoms with Gasteiger partial charge in [-0.15, -0.1) is 0 Å². The third-order valence-electron chi connectivity index (χ3n) is 6.95. The van der Waals surface area contributed by atoms with Gasteiger partial charge in [-0.05, 0) is 76.6 Å². The Morgan fingerprint density at radius 1 is 1.11 bits per heavy atom. The standard InChI is InChI=1S/C29H39N5O3/c1-29(2,3)34-25-18-21(13-14-22(25)19-31-34)27(35)33-24(28(36)37)12-8-6-4-5-7-11-23-16-15-20-10-9-17-30-26(20)32-23/h13-16,18-19,24H,4-12,17H2,1-3H3,(H,30,32)(H,33,35)(H,36,37)/t24-/m0/s1. The molecule has 4 rings (SSSR count). The van der Waals surface area contributed by atoms with Gasteiger partial charge in [0, 0.05) is 23.2 Å². The van der Waals surface area contributed by atoms with Crippen LogP contribution in [0.3, 0.4) is 0 Å². The number of carboxylic acids is 1. The minimum absolute atomic E-state index is 0.227. The highest BCUT2D eigenvalue weighted by Crippen LogP contribution is 2.23. The number of nitrogens with zero attached hydrogens (tertiary/aromatic N) is 3. The van der Waals surface area contributed by atoms with Crippen LogP contribution >= 0.6 is 0 Å². The first-order valence-electron chi connectivity index (χ1n) is 13.5. The van der Waals surface area contributed by atoms with Crippen LogP contribution in [0.4, 0.5) is 5.82 Å². The number of amides is 1. The van der Waals surface area contributed by atoms with E-state index in [4.69, 9.17) is 4.98 Å². The highest BCUT2D eigenvalue weighted by atomic mass is 16.4. The van der Waals surface area contributed by atoms with Crippen LogP contribution in [0.25, 0.3) is 10.9 Å². The largest absolute Gasteiger partial charge is 0.480 e. The second-order valence-corrected chi connectivity index (χ2v) is 11.0. The average Bonchev–Trinajstić information content (AvgIpc) is 3.31. The summed E-state index contributed by atoms with van der Waals surface area (Å²) in [6.07, 6.45) is 10.3. The summed E-state index contributed by atoms with van der Waals surface area (Å²) in [5.41, 5.74) is 3.51. The fourth-order valence-corrected chi connectivity index (χ4v) is 4.89. The number of hydrogen-bond acceptors (Lipinski definition) is 5. The third-order valence-corrected chi connectivity index (χ3v) is 6.95. The molecule has 3 heterocycles. The van der Waals surface area contributed by atoms with Crippen molar-refractivity contribution in [2.24, 2.45) is 0 Å². The van der Waals surface area contributed by atoms with Gasteiger partial charge < -0.3 is 15.7 Å². The van der Waals surface area contributed by atoms with E-state index >= 15 is 0 Å². The van der Waals surface area contributed by atoms with Crippen LogP contribution in [0, 0.1) is 0 Å². The van der Waals surface area contributed by atoms with Crippen LogP contribution in [0.15, 0.2) is 36.5 Å². The first-order chi connectivity index (χ1) is 17.7. The minimum Gasteiger partial charge on any atom is -0.480 e. The Morgan fingerprint density at radius 2 is 1.89 bits per heavy atom. The van der Waals surface area contributed by atoms with E-state index in [2.05, 4.69) is 48.6 Å². The average molecular weight is 506 g/mol. The maximum Gasteiger partial charge on any atom is 0.326 e. The lowest BCUT2D eigenvalue weighted by Crippen LogP contribution is -2.40. The SMILES string of the molecule is CC(C)(C)n1ncc2ccc(C(=O)N[C@@H](CCCCCCCc3ccc4c(n3)NCCC4)C(=O)O)cc21. The van der Waals surface area contributed by atoms with Gasteiger partial charge in [-0.2, -0.15) is 5.10 Å². The van der Waals surface area contributed by atoms with Crippen molar-refractivity contribution in [3.8, 4) is 0 Å². The Hall–Kier alpha value is -3.42. The summed E-state index contributed by atoms with van der Waals surface area (Å²) in [6.45, 7) is 7.15. The minimum atomic E-state index is -0.999. The number of aryl methyl sites for hydroxylation is 2.